The molecule has 142 valence electrons. The van der Waals surface area contributed by atoms with Crippen molar-refractivity contribution in [3.8, 4) is 22.1 Å². The van der Waals surface area contributed by atoms with Gasteiger partial charge in [0.2, 0.25) is 12.7 Å². The smallest absolute Gasteiger partial charge is 0.254 e. The summed E-state index contributed by atoms with van der Waals surface area (Å²) in [5, 5.41) is 2.04. The van der Waals surface area contributed by atoms with E-state index in [2.05, 4.69) is 16.0 Å². The van der Waals surface area contributed by atoms with Gasteiger partial charge in [-0.3, -0.25) is 4.79 Å². The summed E-state index contributed by atoms with van der Waals surface area (Å²) in [5.41, 5.74) is 1.55. The highest BCUT2D eigenvalue weighted by molar-refractivity contribution is 7.13. The predicted molar refractivity (Wildman–Crippen MR) is 106 cm³/mol. The monoisotopic (exact) mass is 394 g/mol. The van der Waals surface area contributed by atoms with E-state index < -0.39 is 0 Å². The fourth-order valence-electron chi connectivity index (χ4n) is 3.38. The summed E-state index contributed by atoms with van der Waals surface area (Å²) in [6, 6.07) is 11.3. The minimum Gasteiger partial charge on any atom is -0.454 e. The van der Waals surface area contributed by atoms with E-state index in [1.165, 1.54) is 0 Å². The number of benzene rings is 1. The Hall–Kier alpha value is -3.13. The number of aromatic nitrogens is 2. The molecule has 1 aromatic carbocycles. The first-order chi connectivity index (χ1) is 13.8. The second-order valence-corrected chi connectivity index (χ2v) is 7.51. The highest BCUT2D eigenvalue weighted by Crippen LogP contribution is 2.33. The number of anilines is 1. The van der Waals surface area contributed by atoms with Gasteiger partial charge < -0.3 is 19.3 Å². The van der Waals surface area contributed by atoms with Gasteiger partial charge in [0.05, 0.1) is 10.6 Å². The zero-order valence-corrected chi connectivity index (χ0v) is 15.9. The van der Waals surface area contributed by atoms with Crippen LogP contribution < -0.4 is 14.4 Å². The van der Waals surface area contributed by atoms with E-state index in [0.717, 1.165) is 10.6 Å². The van der Waals surface area contributed by atoms with Crippen LogP contribution in [0.1, 0.15) is 10.4 Å². The first-order valence-corrected chi connectivity index (χ1v) is 9.97. The summed E-state index contributed by atoms with van der Waals surface area (Å²) in [5.74, 6) is 2.03. The molecular weight excluding hydrogens is 376 g/mol. The van der Waals surface area contributed by atoms with Crippen LogP contribution in [0.5, 0.6) is 11.5 Å². The Labute approximate surface area is 166 Å². The van der Waals surface area contributed by atoms with Crippen molar-refractivity contribution in [1.29, 1.82) is 0 Å². The summed E-state index contributed by atoms with van der Waals surface area (Å²) in [7, 11) is 0. The van der Waals surface area contributed by atoms with E-state index in [1.807, 2.05) is 22.4 Å². The molecule has 0 aliphatic carbocycles. The van der Waals surface area contributed by atoms with Crippen molar-refractivity contribution in [2.24, 2.45) is 0 Å². The van der Waals surface area contributed by atoms with Gasteiger partial charge in [0.1, 0.15) is 0 Å². The Kier molecular flexibility index (Phi) is 4.32. The molecule has 0 spiro atoms. The largest absolute Gasteiger partial charge is 0.454 e. The van der Waals surface area contributed by atoms with Crippen LogP contribution in [0.25, 0.3) is 10.6 Å². The lowest BCUT2D eigenvalue weighted by Crippen LogP contribution is -2.49. The van der Waals surface area contributed by atoms with Crippen LogP contribution in [0.15, 0.2) is 48.0 Å². The van der Waals surface area contributed by atoms with Crippen LogP contribution in [0.4, 0.5) is 5.95 Å². The van der Waals surface area contributed by atoms with E-state index >= 15 is 0 Å². The maximum Gasteiger partial charge on any atom is 0.254 e. The summed E-state index contributed by atoms with van der Waals surface area (Å²) in [6.45, 7) is 2.85. The van der Waals surface area contributed by atoms with Gasteiger partial charge in [-0.15, -0.1) is 11.3 Å². The molecule has 0 unspecified atom stereocenters. The number of hydrogen-bond donors (Lipinski definition) is 0. The molecule has 28 heavy (non-hydrogen) atoms. The van der Waals surface area contributed by atoms with Crippen molar-refractivity contribution in [2.75, 3.05) is 37.9 Å². The molecule has 2 aliphatic heterocycles. The van der Waals surface area contributed by atoms with Crippen molar-refractivity contribution < 1.29 is 14.3 Å². The van der Waals surface area contributed by atoms with Crippen molar-refractivity contribution in [3.05, 3.63) is 53.5 Å². The number of nitrogens with zero attached hydrogens (tertiary/aromatic N) is 4. The molecule has 1 saturated heterocycles. The number of carbonyl (C=O) groups is 1. The molecule has 0 saturated carbocycles. The predicted octanol–water partition coefficient (Wildman–Crippen LogP) is 2.90. The third-order valence-electron chi connectivity index (χ3n) is 4.89. The van der Waals surface area contributed by atoms with E-state index in [1.54, 1.807) is 35.7 Å². The lowest BCUT2D eigenvalue weighted by atomic mass is 10.1. The van der Waals surface area contributed by atoms with Crippen LogP contribution in [-0.2, 0) is 0 Å². The number of amides is 1. The fourth-order valence-corrected chi connectivity index (χ4v) is 4.08. The van der Waals surface area contributed by atoms with Crippen LogP contribution in [-0.4, -0.2) is 53.7 Å². The maximum absolute atomic E-state index is 12.8. The Bertz CT molecular complexity index is 1000. The summed E-state index contributed by atoms with van der Waals surface area (Å²) >= 11 is 1.66. The molecule has 5 rings (SSSR count). The van der Waals surface area contributed by atoms with Crippen LogP contribution in [0.3, 0.4) is 0 Å². The standard InChI is InChI=1S/C20H18N4O3S/c25-19(14-3-4-16-17(12-14)27-13-26-16)23-7-9-24(10-8-23)20-21-6-5-15(22-20)18-2-1-11-28-18/h1-6,11-12H,7-10,13H2. The number of hydrogen-bond acceptors (Lipinski definition) is 7. The van der Waals surface area contributed by atoms with Gasteiger partial charge in [-0.1, -0.05) is 6.07 Å². The SMILES string of the molecule is O=C(c1ccc2c(c1)OCO2)N1CCN(c2nccc(-c3cccs3)n2)CC1. The summed E-state index contributed by atoms with van der Waals surface area (Å²) < 4.78 is 10.7. The zero-order chi connectivity index (χ0) is 18.9. The quantitative estimate of drug-likeness (QED) is 0.681. The molecule has 8 heteroatoms. The topological polar surface area (TPSA) is 67.8 Å². The normalized spacial score (nSPS) is 15.7. The molecule has 1 fully saturated rings. The molecule has 0 radical (unpaired) electrons. The molecule has 7 nitrogen and oxygen atoms in total. The van der Waals surface area contributed by atoms with E-state index in [-0.39, 0.29) is 12.7 Å². The molecule has 2 aromatic heterocycles. The zero-order valence-electron chi connectivity index (χ0n) is 15.1. The Morgan fingerprint density at radius 2 is 1.89 bits per heavy atom. The third kappa shape index (κ3) is 3.16. The first kappa shape index (κ1) is 17.0. The van der Waals surface area contributed by atoms with Gasteiger partial charge in [0.15, 0.2) is 11.5 Å². The molecule has 2 aliphatic rings. The molecule has 0 atom stereocenters. The minimum absolute atomic E-state index is 0.00575. The van der Waals surface area contributed by atoms with Crippen molar-refractivity contribution >= 4 is 23.2 Å². The van der Waals surface area contributed by atoms with Crippen molar-refractivity contribution in [2.45, 2.75) is 0 Å². The number of carbonyl (C=O) groups excluding carboxylic acids is 1. The number of ether oxygens (including phenoxy) is 2. The Balaban J connectivity index is 1.26. The second kappa shape index (κ2) is 7.12. The average molecular weight is 394 g/mol. The first-order valence-electron chi connectivity index (χ1n) is 9.09. The molecule has 3 aromatic rings. The van der Waals surface area contributed by atoms with Crippen molar-refractivity contribution in [1.82, 2.24) is 14.9 Å². The Morgan fingerprint density at radius 1 is 1.04 bits per heavy atom. The maximum atomic E-state index is 12.8. The summed E-state index contributed by atoms with van der Waals surface area (Å²) in [6.07, 6.45) is 1.79. The Morgan fingerprint density at radius 3 is 2.71 bits per heavy atom. The lowest BCUT2D eigenvalue weighted by molar-refractivity contribution is 0.0746. The van der Waals surface area contributed by atoms with E-state index in [0.29, 0.717) is 49.2 Å². The number of fused-ring (bicyclic) bond motifs is 1. The van der Waals surface area contributed by atoms with E-state index in [4.69, 9.17) is 14.5 Å². The highest BCUT2D eigenvalue weighted by atomic mass is 32.1. The lowest BCUT2D eigenvalue weighted by Gasteiger charge is -2.34. The molecule has 4 heterocycles. The van der Waals surface area contributed by atoms with E-state index in [9.17, 15) is 4.79 Å². The fraction of sp³-hybridized carbons (Fsp3) is 0.250. The minimum atomic E-state index is 0.00575. The van der Waals surface area contributed by atoms with Gasteiger partial charge in [-0.05, 0) is 35.7 Å². The number of rotatable bonds is 3. The highest BCUT2D eigenvalue weighted by Gasteiger charge is 2.25. The van der Waals surface area contributed by atoms with Gasteiger partial charge in [0.25, 0.3) is 5.91 Å². The van der Waals surface area contributed by atoms with Gasteiger partial charge in [-0.2, -0.15) is 0 Å². The van der Waals surface area contributed by atoms with Crippen LogP contribution >= 0.6 is 11.3 Å². The number of thiophene rings is 1. The third-order valence-corrected chi connectivity index (χ3v) is 5.78. The number of piperazine rings is 1. The van der Waals surface area contributed by atoms with Gasteiger partial charge in [-0.25, -0.2) is 9.97 Å². The molecule has 1 amide bonds. The van der Waals surface area contributed by atoms with Gasteiger partial charge in [0, 0.05) is 37.9 Å². The molecule has 0 N–H and O–H groups in total. The summed E-state index contributed by atoms with van der Waals surface area (Å²) in [4.78, 5) is 27.1. The molecule has 0 bridgehead atoms. The average Bonchev–Trinajstić information content (AvgIpc) is 3.45. The van der Waals surface area contributed by atoms with Gasteiger partial charge >= 0.3 is 0 Å². The van der Waals surface area contributed by atoms with Crippen LogP contribution in [0.2, 0.25) is 0 Å². The second-order valence-electron chi connectivity index (χ2n) is 6.57. The van der Waals surface area contributed by atoms with Crippen molar-refractivity contribution in [3.63, 3.8) is 0 Å². The molecular formula is C20H18N4O3S. The van der Waals surface area contributed by atoms with Crippen LogP contribution in [0, 0.1) is 0 Å².